The molecule has 1 N–H and O–H groups in total. The van der Waals surface area contributed by atoms with Crippen LogP contribution in [-0.2, 0) is 19.6 Å². The van der Waals surface area contributed by atoms with Gasteiger partial charge in [0.15, 0.2) is 5.78 Å². The fourth-order valence-electron chi connectivity index (χ4n) is 4.46. The van der Waals surface area contributed by atoms with Gasteiger partial charge in [0.25, 0.3) is 0 Å². The number of ether oxygens (including phenoxy) is 1. The molecule has 5 rings (SSSR count). The molecule has 3 aliphatic heterocycles. The van der Waals surface area contributed by atoms with E-state index in [4.69, 9.17) is 9.84 Å². The van der Waals surface area contributed by atoms with Crippen molar-refractivity contribution in [3.63, 3.8) is 0 Å². The molecule has 0 aliphatic carbocycles. The smallest absolute Gasteiger partial charge is 0.170 e. The Morgan fingerprint density at radius 1 is 1.21 bits per heavy atom. The van der Waals surface area contributed by atoms with Gasteiger partial charge in [-0.1, -0.05) is 12.1 Å². The Bertz CT molecular complexity index is 833. The van der Waals surface area contributed by atoms with Crippen LogP contribution in [-0.4, -0.2) is 45.7 Å². The Morgan fingerprint density at radius 3 is 2.96 bits per heavy atom. The van der Waals surface area contributed by atoms with Crippen LogP contribution >= 0.6 is 24.8 Å². The fourth-order valence-corrected chi connectivity index (χ4v) is 4.46. The Kier molecular flexibility index (Phi) is 6.34. The van der Waals surface area contributed by atoms with Crippen molar-refractivity contribution in [2.75, 3.05) is 19.6 Å². The first-order valence-corrected chi connectivity index (χ1v) is 9.51. The third kappa shape index (κ3) is 3.92. The number of hydrogen-bond donors (Lipinski definition) is 1. The summed E-state index contributed by atoms with van der Waals surface area (Å²) in [6.45, 7) is 5.48. The van der Waals surface area contributed by atoms with Crippen molar-refractivity contribution in [1.29, 1.82) is 0 Å². The van der Waals surface area contributed by atoms with Crippen LogP contribution in [0.15, 0.2) is 30.3 Å². The van der Waals surface area contributed by atoms with Gasteiger partial charge < -0.3 is 10.1 Å². The minimum absolute atomic E-state index is 0. The van der Waals surface area contributed by atoms with Gasteiger partial charge in [0.2, 0.25) is 0 Å². The molecule has 1 saturated heterocycles. The Balaban J connectivity index is 0.00000112. The highest BCUT2D eigenvalue weighted by Gasteiger charge is 2.45. The van der Waals surface area contributed by atoms with Gasteiger partial charge in [0, 0.05) is 39.1 Å². The highest BCUT2D eigenvalue weighted by molar-refractivity contribution is 6.00. The molecule has 0 bridgehead atoms. The van der Waals surface area contributed by atoms with E-state index in [-0.39, 0.29) is 36.2 Å². The second-order valence-corrected chi connectivity index (χ2v) is 7.72. The van der Waals surface area contributed by atoms with Crippen molar-refractivity contribution in [2.24, 2.45) is 0 Å². The molecule has 1 unspecified atom stereocenters. The third-order valence-electron chi connectivity index (χ3n) is 5.72. The summed E-state index contributed by atoms with van der Waals surface area (Å²) in [5.74, 6) is 0.943. The number of likely N-dealkylation sites (tertiary alicyclic amines) is 1. The normalized spacial score (nSPS) is 23.8. The Labute approximate surface area is 177 Å². The lowest BCUT2D eigenvalue weighted by Crippen LogP contribution is -2.44. The van der Waals surface area contributed by atoms with Crippen LogP contribution in [0.4, 0.5) is 0 Å². The van der Waals surface area contributed by atoms with Crippen LogP contribution in [0.5, 0.6) is 5.75 Å². The first-order chi connectivity index (χ1) is 12.7. The van der Waals surface area contributed by atoms with Gasteiger partial charge >= 0.3 is 0 Å². The highest BCUT2D eigenvalue weighted by atomic mass is 35.5. The van der Waals surface area contributed by atoms with Crippen molar-refractivity contribution >= 4 is 30.6 Å². The molecule has 1 spiro atoms. The van der Waals surface area contributed by atoms with Crippen LogP contribution < -0.4 is 10.1 Å². The van der Waals surface area contributed by atoms with E-state index in [1.807, 2.05) is 24.3 Å². The number of rotatable bonds is 2. The second-order valence-electron chi connectivity index (χ2n) is 7.72. The van der Waals surface area contributed by atoms with Gasteiger partial charge in [0.1, 0.15) is 11.4 Å². The SMILES string of the molecule is Cl.Cl.O=C1CC2(CCN(Cc3cc4n(n3)CCCNC4)C2)Oc2ccccc21. The van der Waals surface area contributed by atoms with Gasteiger partial charge in [-0.05, 0) is 31.2 Å². The predicted octanol–water partition coefficient (Wildman–Crippen LogP) is 2.83. The van der Waals surface area contributed by atoms with E-state index in [2.05, 4.69) is 21.0 Å². The number of para-hydroxylation sites is 1. The summed E-state index contributed by atoms with van der Waals surface area (Å²) in [4.78, 5) is 14.9. The van der Waals surface area contributed by atoms with E-state index in [9.17, 15) is 4.79 Å². The number of benzene rings is 1. The summed E-state index contributed by atoms with van der Waals surface area (Å²) >= 11 is 0. The van der Waals surface area contributed by atoms with Crippen LogP contribution in [0.25, 0.3) is 0 Å². The molecule has 1 aromatic heterocycles. The zero-order valence-electron chi connectivity index (χ0n) is 15.7. The highest BCUT2D eigenvalue weighted by Crippen LogP contribution is 2.38. The lowest BCUT2D eigenvalue weighted by Gasteiger charge is -2.34. The van der Waals surface area contributed by atoms with E-state index in [0.717, 1.165) is 69.1 Å². The molecule has 0 saturated carbocycles. The number of hydrogen-bond acceptors (Lipinski definition) is 5. The van der Waals surface area contributed by atoms with E-state index < -0.39 is 0 Å². The number of nitrogens with one attached hydrogen (secondary N) is 1. The second kappa shape index (κ2) is 8.41. The van der Waals surface area contributed by atoms with Gasteiger partial charge in [0.05, 0.1) is 23.4 Å². The number of nitrogens with zero attached hydrogens (tertiary/aromatic N) is 3. The van der Waals surface area contributed by atoms with Crippen LogP contribution in [0.1, 0.15) is 41.0 Å². The summed E-state index contributed by atoms with van der Waals surface area (Å²) in [5, 5.41) is 8.23. The van der Waals surface area contributed by atoms with E-state index >= 15 is 0 Å². The number of halogens is 2. The number of ketones is 1. The number of Topliss-reactive ketones (excluding diaryl/α,β-unsaturated/α-hetero) is 1. The van der Waals surface area contributed by atoms with E-state index in [1.165, 1.54) is 5.69 Å². The maximum atomic E-state index is 12.6. The summed E-state index contributed by atoms with van der Waals surface area (Å²) in [7, 11) is 0. The van der Waals surface area contributed by atoms with Crippen molar-refractivity contribution in [1.82, 2.24) is 20.0 Å². The van der Waals surface area contributed by atoms with Crippen molar-refractivity contribution in [3.8, 4) is 5.75 Å². The molecule has 2 aromatic rings. The molecular weight excluding hydrogens is 399 g/mol. The predicted molar refractivity (Wildman–Crippen MR) is 112 cm³/mol. The topological polar surface area (TPSA) is 59.4 Å². The number of fused-ring (bicyclic) bond motifs is 2. The number of carbonyl (C=O) groups excluding carboxylic acids is 1. The molecule has 1 fully saturated rings. The molecule has 1 aromatic carbocycles. The van der Waals surface area contributed by atoms with Gasteiger partial charge in [-0.15, -0.1) is 24.8 Å². The minimum Gasteiger partial charge on any atom is -0.485 e. The summed E-state index contributed by atoms with van der Waals surface area (Å²) in [6.07, 6.45) is 2.49. The van der Waals surface area contributed by atoms with Crippen molar-refractivity contribution in [3.05, 3.63) is 47.3 Å². The van der Waals surface area contributed by atoms with Crippen LogP contribution in [0.2, 0.25) is 0 Å². The third-order valence-corrected chi connectivity index (χ3v) is 5.72. The number of aromatic nitrogens is 2. The number of carbonyl (C=O) groups is 1. The summed E-state index contributed by atoms with van der Waals surface area (Å²) in [5.41, 5.74) is 2.73. The molecule has 8 heteroatoms. The Hall–Kier alpha value is -1.60. The molecule has 28 heavy (non-hydrogen) atoms. The first-order valence-electron chi connectivity index (χ1n) is 9.51. The maximum Gasteiger partial charge on any atom is 0.170 e. The minimum atomic E-state index is -0.371. The lowest BCUT2D eigenvalue weighted by molar-refractivity contribution is 0.0454. The largest absolute Gasteiger partial charge is 0.485 e. The monoisotopic (exact) mass is 424 g/mol. The molecule has 1 atom stereocenters. The molecule has 0 amide bonds. The quantitative estimate of drug-likeness (QED) is 0.802. The van der Waals surface area contributed by atoms with Crippen LogP contribution in [0, 0.1) is 0 Å². The van der Waals surface area contributed by atoms with Gasteiger partial charge in [-0.2, -0.15) is 5.10 Å². The van der Waals surface area contributed by atoms with Crippen LogP contribution in [0.3, 0.4) is 0 Å². The summed E-state index contributed by atoms with van der Waals surface area (Å²) in [6, 6.07) is 9.83. The van der Waals surface area contributed by atoms with E-state index in [1.54, 1.807) is 0 Å². The fraction of sp³-hybridized carbons (Fsp3) is 0.500. The number of aryl methyl sites for hydroxylation is 1. The average Bonchev–Trinajstić information content (AvgIpc) is 3.12. The standard InChI is InChI=1S/C20H24N4O2.2ClH/c25-18-11-20(26-19-5-2-1-4-17(18)19)6-9-23(14-20)13-15-10-16-12-21-7-3-8-24(16)22-15;;/h1-2,4-5,10,21H,3,6-9,11-14H2;2*1H. The zero-order chi connectivity index (χ0) is 17.6. The maximum absolute atomic E-state index is 12.6. The first kappa shape index (κ1) is 21.1. The average molecular weight is 425 g/mol. The molecule has 6 nitrogen and oxygen atoms in total. The Morgan fingerprint density at radius 2 is 2.07 bits per heavy atom. The lowest BCUT2D eigenvalue weighted by atomic mass is 9.89. The zero-order valence-corrected chi connectivity index (χ0v) is 17.4. The van der Waals surface area contributed by atoms with Crippen molar-refractivity contribution in [2.45, 2.75) is 44.5 Å². The summed E-state index contributed by atoms with van der Waals surface area (Å²) < 4.78 is 8.46. The molecule has 152 valence electrons. The van der Waals surface area contributed by atoms with Crippen molar-refractivity contribution < 1.29 is 9.53 Å². The molecule has 4 heterocycles. The molecule has 3 aliphatic rings. The van der Waals surface area contributed by atoms with Gasteiger partial charge in [-0.3, -0.25) is 14.4 Å². The van der Waals surface area contributed by atoms with E-state index in [0.29, 0.717) is 6.42 Å². The van der Waals surface area contributed by atoms with Gasteiger partial charge in [-0.25, -0.2) is 0 Å². The molecule has 0 radical (unpaired) electrons. The molecular formula is C20H26Cl2N4O2.